The highest BCUT2D eigenvalue weighted by molar-refractivity contribution is 5.79. The molecule has 0 fully saturated rings. The Morgan fingerprint density at radius 1 is 1.32 bits per heavy atom. The van der Waals surface area contributed by atoms with Crippen LogP contribution >= 0.6 is 0 Å². The molecular weight excluding hydrogens is 282 g/mol. The van der Waals surface area contributed by atoms with E-state index >= 15 is 0 Å². The van der Waals surface area contributed by atoms with Crippen LogP contribution in [0.2, 0.25) is 0 Å². The molecule has 1 heterocycles. The molecule has 5 heteroatoms. The van der Waals surface area contributed by atoms with E-state index in [0.717, 1.165) is 17.7 Å². The van der Waals surface area contributed by atoms with E-state index in [2.05, 4.69) is 4.98 Å². The quantitative estimate of drug-likeness (QED) is 0.803. The first kappa shape index (κ1) is 16.5. The number of ether oxygens (including phenoxy) is 2. The first-order valence-electron chi connectivity index (χ1n) is 7.56. The third-order valence-corrected chi connectivity index (χ3v) is 3.76. The number of methoxy groups -OCH3 is 1. The Morgan fingerprint density at radius 3 is 2.68 bits per heavy atom. The molecule has 2 atom stereocenters. The van der Waals surface area contributed by atoms with Gasteiger partial charge in [0.1, 0.15) is 5.60 Å². The Hall–Kier alpha value is -1.91. The summed E-state index contributed by atoms with van der Waals surface area (Å²) in [6.07, 6.45) is 3.37. The number of carbonyl (C=O) groups is 2. The van der Waals surface area contributed by atoms with Gasteiger partial charge in [0, 0.05) is 17.8 Å². The zero-order valence-electron chi connectivity index (χ0n) is 13.6. The Kier molecular flexibility index (Phi) is 4.84. The molecule has 0 spiro atoms. The molecule has 2 rings (SSSR count). The van der Waals surface area contributed by atoms with E-state index in [1.54, 1.807) is 6.20 Å². The average molecular weight is 305 g/mol. The van der Waals surface area contributed by atoms with Crippen LogP contribution in [-0.4, -0.2) is 29.6 Å². The van der Waals surface area contributed by atoms with E-state index in [1.165, 1.54) is 7.11 Å². The van der Waals surface area contributed by atoms with Crippen LogP contribution in [0.4, 0.5) is 0 Å². The van der Waals surface area contributed by atoms with Gasteiger partial charge in [-0.2, -0.15) is 0 Å². The number of hydrogen-bond acceptors (Lipinski definition) is 5. The third kappa shape index (κ3) is 3.84. The first-order valence-corrected chi connectivity index (χ1v) is 7.56. The predicted molar refractivity (Wildman–Crippen MR) is 81.4 cm³/mol. The van der Waals surface area contributed by atoms with Crippen molar-refractivity contribution in [3.8, 4) is 0 Å². The maximum atomic E-state index is 12.1. The summed E-state index contributed by atoms with van der Waals surface area (Å²) in [4.78, 5) is 28.4. The SMILES string of the molecule is COC(=O)C1CCC(CC(=O)OC(C)(C)C)c2ncccc21. The molecule has 22 heavy (non-hydrogen) atoms. The van der Waals surface area contributed by atoms with Gasteiger partial charge in [-0.3, -0.25) is 14.6 Å². The van der Waals surface area contributed by atoms with Crippen LogP contribution in [0.25, 0.3) is 0 Å². The zero-order valence-corrected chi connectivity index (χ0v) is 13.6. The Bertz CT molecular complexity index is 562. The summed E-state index contributed by atoms with van der Waals surface area (Å²) in [6.45, 7) is 5.56. The Labute approximate surface area is 131 Å². The summed E-state index contributed by atoms with van der Waals surface area (Å²) in [6, 6.07) is 3.70. The van der Waals surface area contributed by atoms with Gasteiger partial charge in [0.2, 0.25) is 0 Å². The number of esters is 2. The average Bonchev–Trinajstić information content (AvgIpc) is 2.45. The standard InChI is InChI=1S/C17H23NO4/c1-17(2,3)22-14(19)10-11-7-8-13(16(20)21-4)12-6-5-9-18-15(11)12/h5-6,9,11,13H,7-8,10H2,1-4H3. The van der Waals surface area contributed by atoms with Crippen LogP contribution in [0.5, 0.6) is 0 Å². The molecule has 1 aliphatic carbocycles. The first-order chi connectivity index (χ1) is 10.3. The van der Waals surface area contributed by atoms with E-state index in [9.17, 15) is 9.59 Å². The fourth-order valence-corrected chi connectivity index (χ4v) is 2.90. The molecule has 0 bridgehead atoms. The van der Waals surface area contributed by atoms with Crippen LogP contribution in [0.1, 0.15) is 63.1 Å². The van der Waals surface area contributed by atoms with Crippen LogP contribution in [0.15, 0.2) is 18.3 Å². The van der Waals surface area contributed by atoms with Gasteiger partial charge in [0.25, 0.3) is 0 Å². The largest absolute Gasteiger partial charge is 0.469 e. The van der Waals surface area contributed by atoms with Crippen molar-refractivity contribution in [1.29, 1.82) is 0 Å². The van der Waals surface area contributed by atoms with E-state index in [-0.39, 0.29) is 30.2 Å². The minimum absolute atomic E-state index is 0.00745. The Balaban J connectivity index is 2.18. The summed E-state index contributed by atoms with van der Waals surface area (Å²) in [5.74, 6) is -0.772. The summed E-state index contributed by atoms with van der Waals surface area (Å²) in [7, 11) is 1.39. The lowest BCUT2D eigenvalue weighted by molar-refractivity contribution is -0.155. The molecule has 1 aromatic rings. The normalized spacial score (nSPS) is 20.9. The molecule has 5 nitrogen and oxygen atoms in total. The summed E-state index contributed by atoms with van der Waals surface area (Å²) >= 11 is 0. The molecule has 0 amide bonds. The molecular formula is C17H23NO4. The van der Waals surface area contributed by atoms with Gasteiger partial charge in [-0.25, -0.2) is 0 Å². The Morgan fingerprint density at radius 2 is 2.05 bits per heavy atom. The topological polar surface area (TPSA) is 65.5 Å². The maximum Gasteiger partial charge on any atom is 0.313 e. The van der Waals surface area contributed by atoms with Crippen molar-refractivity contribution in [2.45, 2.75) is 57.5 Å². The van der Waals surface area contributed by atoms with Crippen molar-refractivity contribution in [2.24, 2.45) is 0 Å². The fraction of sp³-hybridized carbons (Fsp3) is 0.588. The number of nitrogens with zero attached hydrogens (tertiary/aromatic N) is 1. The highest BCUT2D eigenvalue weighted by atomic mass is 16.6. The number of rotatable bonds is 3. The maximum absolute atomic E-state index is 12.1. The van der Waals surface area contributed by atoms with Crippen LogP contribution in [0, 0.1) is 0 Å². The number of fused-ring (bicyclic) bond motifs is 1. The second-order valence-corrected chi connectivity index (χ2v) is 6.62. The van der Waals surface area contributed by atoms with Crippen molar-refractivity contribution in [1.82, 2.24) is 4.98 Å². The molecule has 0 radical (unpaired) electrons. The van der Waals surface area contributed by atoms with E-state index in [4.69, 9.17) is 9.47 Å². The number of carbonyl (C=O) groups excluding carboxylic acids is 2. The lowest BCUT2D eigenvalue weighted by Gasteiger charge is -2.29. The highest BCUT2D eigenvalue weighted by Crippen LogP contribution is 2.40. The zero-order chi connectivity index (χ0) is 16.3. The van der Waals surface area contributed by atoms with Gasteiger partial charge in [-0.15, -0.1) is 0 Å². The van der Waals surface area contributed by atoms with Crippen molar-refractivity contribution in [3.63, 3.8) is 0 Å². The van der Waals surface area contributed by atoms with Gasteiger partial charge < -0.3 is 9.47 Å². The molecule has 0 N–H and O–H groups in total. The number of pyridine rings is 1. The summed E-state index contributed by atoms with van der Waals surface area (Å²) in [5.41, 5.74) is 1.19. The number of aromatic nitrogens is 1. The van der Waals surface area contributed by atoms with Gasteiger partial charge in [-0.1, -0.05) is 6.07 Å². The van der Waals surface area contributed by atoms with Crippen LogP contribution in [-0.2, 0) is 19.1 Å². The van der Waals surface area contributed by atoms with E-state index in [0.29, 0.717) is 6.42 Å². The lowest BCUT2D eigenvalue weighted by Crippen LogP contribution is -2.28. The molecule has 0 aliphatic heterocycles. The molecule has 2 unspecified atom stereocenters. The second kappa shape index (κ2) is 6.46. The highest BCUT2D eigenvalue weighted by Gasteiger charge is 2.34. The molecule has 0 aromatic carbocycles. The van der Waals surface area contributed by atoms with Gasteiger partial charge in [0.05, 0.1) is 19.4 Å². The minimum atomic E-state index is -0.493. The molecule has 1 aromatic heterocycles. The predicted octanol–water partition coefficient (Wildman–Crippen LogP) is 2.95. The number of hydrogen-bond donors (Lipinski definition) is 0. The third-order valence-electron chi connectivity index (χ3n) is 3.76. The monoisotopic (exact) mass is 305 g/mol. The van der Waals surface area contributed by atoms with Gasteiger partial charge in [-0.05, 0) is 45.2 Å². The molecule has 120 valence electrons. The van der Waals surface area contributed by atoms with E-state index < -0.39 is 5.60 Å². The van der Waals surface area contributed by atoms with Crippen LogP contribution in [0.3, 0.4) is 0 Å². The van der Waals surface area contributed by atoms with Crippen molar-refractivity contribution in [2.75, 3.05) is 7.11 Å². The lowest BCUT2D eigenvalue weighted by atomic mass is 9.78. The van der Waals surface area contributed by atoms with Crippen molar-refractivity contribution >= 4 is 11.9 Å². The summed E-state index contributed by atoms with van der Waals surface area (Å²) < 4.78 is 10.3. The second-order valence-electron chi connectivity index (χ2n) is 6.62. The summed E-state index contributed by atoms with van der Waals surface area (Å²) in [5, 5.41) is 0. The molecule has 0 saturated heterocycles. The van der Waals surface area contributed by atoms with Gasteiger partial charge >= 0.3 is 11.9 Å². The van der Waals surface area contributed by atoms with Crippen LogP contribution < -0.4 is 0 Å². The smallest absolute Gasteiger partial charge is 0.313 e. The van der Waals surface area contributed by atoms with Gasteiger partial charge in [0.15, 0.2) is 0 Å². The molecule has 1 aliphatic rings. The molecule has 0 saturated carbocycles. The van der Waals surface area contributed by atoms with Crippen molar-refractivity contribution in [3.05, 3.63) is 29.6 Å². The van der Waals surface area contributed by atoms with Crippen molar-refractivity contribution < 1.29 is 19.1 Å². The minimum Gasteiger partial charge on any atom is -0.469 e. The van der Waals surface area contributed by atoms with E-state index in [1.807, 2.05) is 32.9 Å². The fourth-order valence-electron chi connectivity index (χ4n) is 2.90.